The standard InChI is InChI=1S/C16H25N3O2/c1-12(2)19-15(20)16(6-8-17-9-7-16)10-13-4-5-14(21-3)11-18-13/h4-5,11-12,17H,6-10H2,1-3H3,(H,19,20). The lowest BCUT2D eigenvalue weighted by Crippen LogP contribution is -2.50. The molecule has 0 saturated carbocycles. The van der Waals surface area contributed by atoms with Gasteiger partial charge >= 0.3 is 0 Å². The van der Waals surface area contributed by atoms with Crippen molar-refractivity contribution in [1.29, 1.82) is 0 Å². The first-order valence-electron chi connectivity index (χ1n) is 7.56. The average Bonchev–Trinajstić information content (AvgIpc) is 2.48. The van der Waals surface area contributed by atoms with Gasteiger partial charge in [-0.3, -0.25) is 9.78 Å². The molecular formula is C16H25N3O2. The van der Waals surface area contributed by atoms with Crippen molar-refractivity contribution in [3.8, 4) is 5.75 Å². The summed E-state index contributed by atoms with van der Waals surface area (Å²) in [5.41, 5.74) is 0.591. The molecule has 5 nitrogen and oxygen atoms in total. The summed E-state index contributed by atoms with van der Waals surface area (Å²) in [5, 5.41) is 6.41. The number of nitrogens with one attached hydrogen (secondary N) is 2. The van der Waals surface area contributed by atoms with Gasteiger partial charge in [-0.1, -0.05) is 0 Å². The molecule has 0 radical (unpaired) electrons. The smallest absolute Gasteiger partial charge is 0.226 e. The molecule has 1 fully saturated rings. The number of piperidine rings is 1. The number of nitrogens with zero attached hydrogens (tertiary/aromatic N) is 1. The van der Waals surface area contributed by atoms with Crippen molar-refractivity contribution < 1.29 is 9.53 Å². The van der Waals surface area contributed by atoms with Crippen molar-refractivity contribution in [3.63, 3.8) is 0 Å². The molecular weight excluding hydrogens is 266 g/mol. The van der Waals surface area contributed by atoms with E-state index in [2.05, 4.69) is 15.6 Å². The Hall–Kier alpha value is -1.62. The summed E-state index contributed by atoms with van der Waals surface area (Å²) in [5.74, 6) is 0.890. The zero-order chi connectivity index (χ0) is 15.3. The Labute approximate surface area is 126 Å². The lowest BCUT2D eigenvalue weighted by Gasteiger charge is -2.36. The summed E-state index contributed by atoms with van der Waals surface area (Å²) < 4.78 is 5.13. The van der Waals surface area contributed by atoms with Crippen LogP contribution in [-0.2, 0) is 11.2 Å². The fraction of sp³-hybridized carbons (Fsp3) is 0.625. The van der Waals surface area contributed by atoms with Crippen molar-refractivity contribution in [1.82, 2.24) is 15.6 Å². The van der Waals surface area contributed by atoms with Crippen LogP contribution < -0.4 is 15.4 Å². The van der Waals surface area contributed by atoms with Gasteiger partial charge < -0.3 is 15.4 Å². The Morgan fingerprint density at radius 2 is 2.14 bits per heavy atom. The Bertz CT molecular complexity index is 465. The maximum Gasteiger partial charge on any atom is 0.226 e. The minimum atomic E-state index is -0.350. The fourth-order valence-electron chi connectivity index (χ4n) is 2.79. The Balaban J connectivity index is 2.16. The summed E-state index contributed by atoms with van der Waals surface area (Å²) in [4.78, 5) is 17.1. The highest BCUT2D eigenvalue weighted by Gasteiger charge is 2.40. The summed E-state index contributed by atoms with van der Waals surface area (Å²) in [6, 6.07) is 4.01. The molecule has 0 unspecified atom stereocenters. The number of hydrogen-bond acceptors (Lipinski definition) is 4. The third kappa shape index (κ3) is 3.94. The molecule has 1 aliphatic rings. The van der Waals surface area contributed by atoms with Crippen LogP contribution in [0.25, 0.3) is 0 Å². The van der Waals surface area contributed by atoms with Crippen LogP contribution in [0.3, 0.4) is 0 Å². The van der Waals surface area contributed by atoms with Crippen LogP contribution in [-0.4, -0.2) is 37.1 Å². The first kappa shape index (κ1) is 15.8. The van der Waals surface area contributed by atoms with Crippen LogP contribution in [0.15, 0.2) is 18.3 Å². The van der Waals surface area contributed by atoms with E-state index in [0.29, 0.717) is 6.42 Å². The third-order valence-corrected chi connectivity index (χ3v) is 4.01. The molecule has 0 aliphatic carbocycles. The molecule has 2 N–H and O–H groups in total. The molecule has 1 aromatic rings. The highest BCUT2D eigenvalue weighted by molar-refractivity contribution is 5.83. The largest absolute Gasteiger partial charge is 0.495 e. The van der Waals surface area contributed by atoms with Gasteiger partial charge in [-0.25, -0.2) is 0 Å². The molecule has 1 saturated heterocycles. The normalized spacial score (nSPS) is 17.5. The average molecular weight is 291 g/mol. The second-order valence-electron chi connectivity index (χ2n) is 6.02. The minimum absolute atomic E-state index is 0.150. The summed E-state index contributed by atoms with van der Waals surface area (Å²) in [6.45, 7) is 5.75. The molecule has 2 heterocycles. The van der Waals surface area contributed by atoms with Gasteiger partial charge in [-0.15, -0.1) is 0 Å². The number of aromatic nitrogens is 1. The molecule has 1 aromatic heterocycles. The summed E-state index contributed by atoms with van der Waals surface area (Å²) >= 11 is 0. The van der Waals surface area contributed by atoms with Crippen molar-refractivity contribution in [3.05, 3.63) is 24.0 Å². The number of methoxy groups -OCH3 is 1. The predicted molar refractivity (Wildman–Crippen MR) is 82.3 cm³/mol. The van der Waals surface area contributed by atoms with Crippen molar-refractivity contribution >= 4 is 5.91 Å². The van der Waals surface area contributed by atoms with Crippen molar-refractivity contribution in [2.24, 2.45) is 5.41 Å². The van der Waals surface area contributed by atoms with Crippen molar-refractivity contribution in [2.45, 2.75) is 39.2 Å². The van der Waals surface area contributed by atoms with Crippen LogP contribution >= 0.6 is 0 Å². The van der Waals surface area contributed by atoms with Crippen LogP contribution in [0.5, 0.6) is 5.75 Å². The van der Waals surface area contributed by atoms with Crippen LogP contribution in [0, 0.1) is 5.41 Å². The number of ether oxygens (including phenoxy) is 1. The number of pyridine rings is 1. The summed E-state index contributed by atoms with van der Waals surface area (Å²) in [6.07, 6.45) is 4.08. The maximum absolute atomic E-state index is 12.7. The molecule has 0 spiro atoms. The van der Waals surface area contributed by atoms with E-state index >= 15 is 0 Å². The van der Waals surface area contributed by atoms with Gasteiger partial charge in [0.15, 0.2) is 0 Å². The van der Waals surface area contributed by atoms with E-state index in [9.17, 15) is 4.79 Å². The molecule has 1 aliphatic heterocycles. The lowest BCUT2D eigenvalue weighted by atomic mass is 9.74. The molecule has 2 rings (SSSR count). The first-order valence-corrected chi connectivity index (χ1v) is 7.56. The quantitative estimate of drug-likeness (QED) is 0.863. The fourth-order valence-corrected chi connectivity index (χ4v) is 2.79. The zero-order valence-corrected chi connectivity index (χ0v) is 13.1. The van der Waals surface area contributed by atoms with Gasteiger partial charge in [0.2, 0.25) is 5.91 Å². The number of carbonyl (C=O) groups is 1. The highest BCUT2D eigenvalue weighted by atomic mass is 16.5. The molecule has 0 aromatic carbocycles. The van der Waals surface area contributed by atoms with E-state index in [0.717, 1.165) is 37.4 Å². The zero-order valence-electron chi connectivity index (χ0n) is 13.1. The van der Waals surface area contributed by atoms with E-state index in [-0.39, 0.29) is 17.4 Å². The number of amides is 1. The summed E-state index contributed by atoms with van der Waals surface area (Å²) in [7, 11) is 1.63. The first-order chi connectivity index (χ1) is 10.1. The number of hydrogen-bond donors (Lipinski definition) is 2. The third-order valence-electron chi connectivity index (χ3n) is 4.01. The highest BCUT2D eigenvalue weighted by Crippen LogP contribution is 2.33. The number of rotatable bonds is 5. The van der Waals surface area contributed by atoms with E-state index < -0.39 is 0 Å². The van der Waals surface area contributed by atoms with E-state index in [1.807, 2.05) is 26.0 Å². The van der Waals surface area contributed by atoms with Gasteiger partial charge in [-0.2, -0.15) is 0 Å². The number of carbonyl (C=O) groups excluding carboxylic acids is 1. The lowest BCUT2D eigenvalue weighted by molar-refractivity contribution is -0.133. The van der Waals surface area contributed by atoms with Gasteiger partial charge in [0.05, 0.1) is 18.7 Å². The molecule has 5 heteroatoms. The molecule has 0 atom stereocenters. The van der Waals surface area contributed by atoms with E-state index in [4.69, 9.17) is 4.74 Å². The molecule has 1 amide bonds. The van der Waals surface area contributed by atoms with Crippen molar-refractivity contribution in [2.75, 3.05) is 20.2 Å². The van der Waals surface area contributed by atoms with E-state index in [1.54, 1.807) is 13.3 Å². The predicted octanol–water partition coefficient (Wildman–Crippen LogP) is 1.53. The topological polar surface area (TPSA) is 63.2 Å². The second kappa shape index (κ2) is 6.89. The van der Waals surface area contributed by atoms with Crippen LogP contribution in [0.1, 0.15) is 32.4 Å². The Morgan fingerprint density at radius 3 is 2.67 bits per heavy atom. The molecule has 21 heavy (non-hydrogen) atoms. The SMILES string of the molecule is COc1ccc(CC2(C(=O)NC(C)C)CCNCC2)nc1. The van der Waals surface area contributed by atoms with Gasteiger partial charge in [-0.05, 0) is 51.9 Å². The molecule has 0 bridgehead atoms. The van der Waals surface area contributed by atoms with Gasteiger partial charge in [0.25, 0.3) is 0 Å². The second-order valence-corrected chi connectivity index (χ2v) is 6.02. The Kier molecular flexibility index (Phi) is 5.17. The maximum atomic E-state index is 12.7. The monoisotopic (exact) mass is 291 g/mol. The molecule has 116 valence electrons. The van der Waals surface area contributed by atoms with Crippen LogP contribution in [0.4, 0.5) is 0 Å². The van der Waals surface area contributed by atoms with Gasteiger partial charge in [0.1, 0.15) is 5.75 Å². The van der Waals surface area contributed by atoms with Gasteiger partial charge in [0, 0.05) is 18.2 Å². The minimum Gasteiger partial charge on any atom is -0.495 e. The van der Waals surface area contributed by atoms with E-state index in [1.165, 1.54) is 0 Å². The Morgan fingerprint density at radius 1 is 1.43 bits per heavy atom. The van der Waals surface area contributed by atoms with Crippen LogP contribution in [0.2, 0.25) is 0 Å².